The third-order valence-corrected chi connectivity index (χ3v) is 3.69. The summed E-state index contributed by atoms with van der Waals surface area (Å²) < 4.78 is 26.1. The van der Waals surface area contributed by atoms with Crippen LogP contribution in [0.5, 0.6) is 0 Å². The summed E-state index contributed by atoms with van der Waals surface area (Å²) in [6.07, 6.45) is 4.96. The molecule has 1 aliphatic heterocycles. The number of hydrogen-bond donors (Lipinski definition) is 1. The molecule has 0 bridgehead atoms. The molecule has 0 radical (unpaired) electrons. The molecule has 1 aliphatic rings. The molecular weight excluding hydrogens is 337 g/mol. The van der Waals surface area contributed by atoms with Gasteiger partial charge in [-0.1, -0.05) is 0 Å². The van der Waals surface area contributed by atoms with Crippen molar-refractivity contribution in [3.05, 3.63) is 18.2 Å². The van der Waals surface area contributed by atoms with Crippen LogP contribution < -0.4 is 5.32 Å². The molecule has 0 aromatic carbocycles. The van der Waals surface area contributed by atoms with Gasteiger partial charge in [0, 0.05) is 25.9 Å². The number of halogens is 4. The Morgan fingerprint density at radius 1 is 1.55 bits per heavy atom. The predicted molar refractivity (Wildman–Crippen MR) is 84.7 cm³/mol. The van der Waals surface area contributed by atoms with Crippen LogP contribution in [0.15, 0.2) is 12.4 Å². The Morgan fingerprint density at radius 2 is 2.27 bits per heavy atom. The predicted octanol–water partition coefficient (Wildman–Crippen LogP) is 2.47. The SMILES string of the molecule is CN(Cc1nccn1C(F)F)C(=O)CCC1CCNC1.Cl.Cl. The van der Waals surface area contributed by atoms with Gasteiger partial charge in [-0.25, -0.2) is 4.98 Å². The Bertz CT molecular complexity index is 453. The molecule has 9 heteroatoms. The third kappa shape index (κ3) is 5.70. The summed E-state index contributed by atoms with van der Waals surface area (Å²) in [6, 6.07) is 0. The van der Waals surface area contributed by atoms with Crippen LogP contribution in [-0.4, -0.2) is 40.5 Å². The minimum absolute atomic E-state index is 0. The number of aromatic nitrogens is 2. The van der Waals surface area contributed by atoms with E-state index in [2.05, 4.69) is 10.3 Å². The number of imidazole rings is 1. The van der Waals surface area contributed by atoms with Crippen molar-refractivity contribution in [1.29, 1.82) is 0 Å². The zero-order valence-corrected chi connectivity index (χ0v) is 14.0. The molecule has 2 heterocycles. The van der Waals surface area contributed by atoms with Crippen molar-refractivity contribution in [2.24, 2.45) is 5.92 Å². The van der Waals surface area contributed by atoms with Gasteiger partial charge in [0.25, 0.3) is 0 Å². The highest BCUT2D eigenvalue weighted by Crippen LogP contribution is 2.16. The molecule has 0 aliphatic carbocycles. The van der Waals surface area contributed by atoms with Crippen LogP contribution in [0.2, 0.25) is 0 Å². The van der Waals surface area contributed by atoms with E-state index in [1.165, 1.54) is 17.3 Å². The molecule has 0 spiro atoms. The zero-order valence-electron chi connectivity index (χ0n) is 12.4. The Hall–Kier alpha value is -0.920. The van der Waals surface area contributed by atoms with Crippen LogP contribution in [0.25, 0.3) is 0 Å². The summed E-state index contributed by atoms with van der Waals surface area (Å²) >= 11 is 0. The molecule has 0 saturated carbocycles. The average Bonchev–Trinajstić information content (AvgIpc) is 3.06. The number of hydrogen-bond acceptors (Lipinski definition) is 3. The molecule has 1 saturated heterocycles. The van der Waals surface area contributed by atoms with Gasteiger partial charge in [-0.05, 0) is 31.8 Å². The first-order valence-electron chi connectivity index (χ1n) is 6.82. The summed E-state index contributed by atoms with van der Waals surface area (Å²) in [5, 5.41) is 3.26. The molecule has 2 rings (SSSR count). The summed E-state index contributed by atoms with van der Waals surface area (Å²) in [5.41, 5.74) is 0. The molecular formula is C13H22Cl2F2N4O. The van der Waals surface area contributed by atoms with Gasteiger partial charge in [0.1, 0.15) is 5.82 Å². The standard InChI is InChI=1S/C13H20F2N4O.2ClH/c1-18(9-11-17-6-7-19(11)13(14)15)12(20)3-2-10-4-5-16-8-10;;/h6-7,10,13,16H,2-5,8-9H2,1H3;2*1H. The summed E-state index contributed by atoms with van der Waals surface area (Å²) in [5.74, 6) is 0.731. The lowest BCUT2D eigenvalue weighted by molar-refractivity contribution is -0.130. The van der Waals surface area contributed by atoms with Gasteiger partial charge in [0.15, 0.2) is 0 Å². The molecule has 1 aromatic heterocycles. The van der Waals surface area contributed by atoms with E-state index in [4.69, 9.17) is 0 Å². The van der Waals surface area contributed by atoms with Gasteiger partial charge in [-0.2, -0.15) is 8.78 Å². The highest BCUT2D eigenvalue weighted by Gasteiger charge is 2.19. The highest BCUT2D eigenvalue weighted by atomic mass is 35.5. The second-order valence-corrected chi connectivity index (χ2v) is 5.18. The number of carbonyl (C=O) groups excluding carboxylic acids is 1. The molecule has 22 heavy (non-hydrogen) atoms. The number of carbonyl (C=O) groups is 1. The van der Waals surface area contributed by atoms with Gasteiger partial charge < -0.3 is 10.2 Å². The molecule has 5 nitrogen and oxygen atoms in total. The molecule has 1 aromatic rings. The number of nitrogens with zero attached hydrogens (tertiary/aromatic N) is 3. The minimum atomic E-state index is -2.62. The number of alkyl halides is 2. The van der Waals surface area contributed by atoms with Crippen LogP contribution in [0, 0.1) is 5.92 Å². The summed E-state index contributed by atoms with van der Waals surface area (Å²) in [7, 11) is 1.62. The quantitative estimate of drug-likeness (QED) is 0.849. The maximum atomic E-state index is 12.7. The Kier molecular flexibility index (Phi) is 9.55. The van der Waals surface area contributed by atoms with E-state index in [0.29, 0.717) is 12.3 Å². The van der Waals surface area contributed by atoms with Gasteiger partial charge in [0.2, 0.25) is 5.91 Å². The fourth-order valence-electron chi connectivity index (χ4n) is 2.42. The van der Waals surface area contributed by atoms with Crippen LogP contribution >= 0.6 is 24.8 Å². The average molecular weight is 359 g/mol. The Morgan fingerprint density at radius 3 is 2.86 bits per heavy atom. The fraction of sp³-hybridized carbons (Fsp3) is 0.692. The van der Waals surface area contributed by atoms with E-state index in [1.807, 2.05) is 0 Å². The van der Waals surface area contributed by atoms with Crippen molar-refractivity contribution < 1.29 is 13.6 Å². The van der Waals surface area contributed by atoms with Crippen LogP contribution in [-0.2, 0) is 11.3 Å². The molecule has 1 N–H and O–H groups in total. The number of nitrogens with one attached hydrogen (secondary N) is 1. The lowest BCUT2D eigenvalue weighted by Gasteiger charge is -2.18. The summed E-state index contributed by atoms with van der Waals surface area (Å²) in [4.78, 5) is 17.3. The lowest BCUT2D eigenvalue weighted by atomic mass is 10.0. The monoisotopic (exact) mass is 358 g/mol. The maximum absolute atomic E-state index is 12.7. The first-order chi connectivity index (χ1) is 9.58. The Labute approximate surface area is 141 Å². The smallest absolute Gasteiger partial charge is 0.319 e. The second kappa shape index (κ2) is 9.97. The molecule has 1 unspecified atom stereocenters. The maximum Gasteiger partial charge on any atom is 0.319 e. The largest absolute Gasteiger partial charge is 0.338 e. The van der Waals surface area contributed by atoms with Crippen molar-refractivity contribution in [2.75, 3.05) is 20.1 Å². The van der Waals surface area contributed by atoms with Crippen molar-refractivity contribution >= 4 is 30.7 Å². The normalized spacial score (nSPS) is 17.0. The lowest BCUT2D eigenvalue weighted by Crippen LogP contribution is -2.28. The number of amides is 1. The van der Waals surface area contributed by atoms with Crippen molar-refractivity contribution in [2.45, 2.75) is 32.4 Å². The first kappa shape index (κ1) is 21.1. The molecule has 1 fully saturated rings. The second-order valence-electron chi connectivity index (χ2n) is 5.18. The van der Waals surface area contributed by atoms with Crippen LogP contribution in [0.4, 0.5) is 8.78 Å². The van der Waals surface area contributed by atoms with Gasteiger partial charge >= 0.3 is 6.55 Å². The van der Waals surface area contributed by atoms with Gasteiger partial charge in [0.05, 0.1) is 6.54 Å². The molecule has 128 valence electrons. The van der Waals surface area contributed by atoms with E-state index < -0.39 is 6.55 Å². The van der Waals surface area contributed by atoms with E-state index in [1.54, 1.807) is 7.05 Å². The topological polar surface area (TPSA) is 50.2 Å². The summed E-state index contributed by atoms with van der Waals surface area (Å²) in [6.45, 7) is -0.535. The van der Waals surface area contributed by atoms with Crippen LogP contribution in [0.3, 0.4) is 0 Å². The van der Waals surface area contributed by atoms with Crippen molar-refractivity contribution in [3.8, 4) is 0 Å². The third-order valence-electron chi connectivity index (χ3n) is 3.69. The first-order valence-corrected chi connectivity index (χ1v) is 6.82. The molecule has 1 amide bonds. The van der Waals surface area contributed by atoms with Gasteiger partial charge in [-0.3, -0.25) is 9.36 Å². The van der Waals surface area contributed by atoms with E-state index in [9.17, 15) is 13.6 Å². The van der Waals surface area contributed by atoms with E-state index in [-0.39, 0.29) is 43.1 Å². The number of rotatable bonds is 6. The van der Waals surface area contributed by atoms with Gasteiger partial charge in [-0.15, -0.1) is 24.8 Å². The van der Waals surface area contributed by atoms with E-state index in [0.717, 1.165) is 30.5 Å². The van der Waals surface area contributed by atoms with E-state index >= 15 is 0 Å². The fourth-order valence-corrected chi connectivity index (χ4v) is 2.42. The van der Waals surface area contributed by atoms with Crippen molar-refractivity contribution in [1.82, 2.24) is 19.8 Å². The van der Waals surface area contributed by atoms with Crippen LogP contribution in [0.1, 0.15) is 31.6 Å². The zero-order chi connectivity index (χ0) is 14.5. The Balaban J connectivity index is 0.00000220. The van der Waals surface area contributed by atoms with Crippen molar-refractivity contribution in [3.63, 3.8) is 0 Å². The molecule has 1 atom stereocenters. The minimum Gasteiger partial charge on any atom is -0.338 e. The highest BCUT2D eigenvalue weighted by molar-refractivity contribution is 5.85.